The minimum absolute atomic E-state index is 0.0338. The van der Waals surface area contributed by atoms with E-state index in [4.69, 9.17) is 0 Å². The number of carbonyl (C=O) groups excluding carboxylic acids is 1. The second-order valence-electron chi connectivity index (χ2n) is 8.25. The Kier molecular flexibility index (Phi) is 7.67. The molecule has 1 saturated heterocycles. The molecule has 0 spiro atoms. The molecule has 1 aromatic rings. The first-order valence-corrected chi connectivity index (χ1v) is 11.4. The van der Waals surface area contributed by atoms with Crippen LogP contribution in [0.1, 0.15) is 49.7 Å². The van der Waals surface area contributed by atoms with Crippen molar-refractivity contribution in [2.24, 2.45) is 10.9 Å². The molecular formula is C21H25F6N3OS. The highest BCUT2D eigenvalue weighted by Crippen LogP contribution is 2.37. The number of hydrogen-bond donors (Lipinski definition) is 1. The van der Waals surface area contributed by atoms with Crippen molar-refractivity contribution in [3.63, 3.8) is 0 Å². The maximum absolute atomic E-state index is 13.0. The molecule has 3 rings (SSSR count). The summed E-state index contributed by atoms with van der Waals surface area (Å²) in [6.07, 6.45) is -3.99. The molecule has 1 aromatic carbocycles. The Morgan fingerprint density at radius 2 is 1.66 bits per heavy atom. The van der Waals surface area contributed by atoms with E-state index in [9.17, 15) is 31.1 Å². The van der Waals surface area contributed by atoms with Crippen LogP contribution < -0.4 is 5.32 Å². The van der Waals surface area contributed by atoms with Gasteiger partial charge < -0.3 is 10.2 Å². The van der Waals surface area contributed by atoms with Gasteiger partial charge in [0.2, 0.25) is 5.91 Å². The highest BCUT2D eigenvalue weighted by molar-refractivity contribution is 8.14. The fourth-order valence-electron chi connectivity index (χ4n) is 3.92. The van der Waals surface area contributed by atoms with Gasteiger partial charge in [-0.15, -0.1) is 0 Å². The number of amidine groups is 1. The zero-order valence-electron chi connectivity index (χ0n) is 17.5. The number of aliphatic imine (C=N–C) groups is 1. The van der Waals surface area contributed by atoms with Crippen molar-refractivity contribution >= 4 is 28.5 Å². The van der Waals surface area contributed by atoms with Crippen LogP contribution in [-0.4, -0.2) is 41.4 Å². The second-order valence-corrected chi connectivity index (χ2v) is 9.24. The number of halogens is 6. The van der Waals surface area contributed by atoms with Crippen LogP contribution in [-0.2, 0) is 17.1 Å². The highest BCUT2D eigenvalue weighted by Gasteiger charge is 2.37. The molecule has 1 N–H and O–H groups in total. The fraction of sp³-hybridized carbons (Fsp3) is 0.619. The van der Waals surface area contributed by atoms with E-state index < -0.39 is 35.1 Å². The van der Waals surface area contributed by atoms with E-state index in [-0.39, 0.29) is 18.5 Å². The van der Waals surface area contributed by atoms with Gasteiger partial charge in [-0.3, -0.25) is 9.79 Å². The van der Waals surface area contributed by atoms with Gasteiger partial charge in [0.15, 0.2) is 5.17 Å². The number of rotatable bonds is 5. The van der Waals surface area contributed by atoms with Crippen LogP contribution >= 0.6 is 11.8 Å². The first-order valence-electron chi connectivity index (χ1n) is 10.4. The van der Waals surface area contributed by atoms with Crippen LogP contribution in [0.4, 0.5) is 32.0 Å². The third-order valence-corrected chi connectivity index (χ3v) is 6.98. The van der Waals surface area contributed by atoms with Crippen molar-refractivity contribution in [1.29, 1.82) is 0 Å². The molecule has 1 heterocycles. The predicted octanol–water partition coefficient (Wildman–Crippen LogP) is 6.04. The number of amides is 1. The summed E-state index contributed by atoms with van der Waals surface area (Å²) >= 11 is 1.51. The van der Waals surface area contributed by atoms with Crippen LogP contribution in [0.3, 0.4) is 0 Å². The summed E-state index contributed by atoms with van der Waals surface area (Å²) < 4.78 is 78.0. The van der Waals surface area contributed by atoms with E-state index in [2.05, 4.69) is 10.3 Å². The summed E-state index contributed by atoms with van der Waals surface area (Å²) in [4.78, 5) is 18.9. The second kappa shape index (κ2) is 9.93. The quantitative estimate of drug-likeness (QED) is 0.522. The lowest BCUT2D eigenvalue weighted by Gasteiger charge is -2.22. The van der Waals surface area contributed by atoms with Gasteiger partial charge in [-0.05, 0) is 37.0 Å². The number of anilines is 1. The van der Waals surface area contributed by atoms with Gasteiger partial charge >= 0.3 is 12.4 Å². The molecule has 11 heteroatoms. The number of carbonyl (C=O) groups is 1. The molecule has 32 heavy (non-hydrogen) atoms. The van der Waals surface area contributed by atoms with Crippen molar-refractivity contribution in [2.75, 3.05) is 24.7 Å². The number of benzene rings is 1. The minimum atomic E-state index is -4.97. The number of nitrogens with zero attached hydrogens (tertiary/aromatic N) is 2. The highest BCUT2D eigenvalue weighted by atomic mass is 32.2. The van der Waals surface area contributed by atoms with Crippen molar-refractivity contribution in [3.05, 3.63) is 29.3 Å². The summed E-state index contributed by atoms with van der Waals surface area (Å²) in [5.74, 6) is 0.490. The molecule has 1 aliphatic carbocycles. The summed E-state index contributed by atoms with van der Waals surface area (Å²) in [7, 11) is 1.80. The first-order chi connectivity index (χ1) is 14.9. The Bertz CT molecular complexity index is 817. The maximum atomic E-state index is 13.0. The van der Waals surface area contributed by atoms with E-state index in [0.29, 0.717) is 23.8 Å². The number of hydrogen-bond acceptors (Lipinski definition) is 3. The SMILES string of the molecule is CN1C(=NCC2CCCCC2)SCC1CC(=O)Nc1cc(C(F)(F)F)cc(C(F)(F)F)c1. The van der Waals surface area contributed by atoms with Crippen LogP contribution in [0.5, 0.6) is 0 Å². The van der Waals surface area contributed by atoms with Gasteiger partial charge in [0.1, 0.15) is 0 Å². The third kappa shape index (κ3) is 6.55. The summed E-state index contributed by atoms with van der Waals surface area (Å²) in [6.45, 7) is 0.732. The van der Waals surface area contributed by atoms with Gasteiger partial charge in [-0.1, -0.05) is 31.0 Å². The topological polar surface area (TPSA) is 44.7 Å². The van der Waals surface area contributed by atoms with E-state index >= 15 is 0 Å². The van der Waals surface area contributed by atoms with E-state index in [0.717, 1.165) is 24.6 Å². The van der Waals surface area contributed by atoms with Crippen LogP contribution in [0.2, 0.25) is 0 Å². The predicted molar refractivity (Wildman–Crippen MR) is 113 cm³/mol. The monoisotopic (exact) mass is 481 g/mol. The lowest BCUT2D eigenvalue weighted by Crippen LogP contribution is -2.34. The standard InChI is InChI=1S/C21H25F6N3OS/c1-30-17(12-32-19(30)28-11-13-5-3-2-4-6-13)10-18(31)29-16-8-14(20(22,23)24)7-15(9-16)21(25,26)27/h7-9,13,17H,2-6,10-12H2,1H3,(H,29,31). The normalized spacial score (nSPS) is 21.9. The smallest absolute Gasteiger partial charge is 0.350 e. The number of nitrogens with one attached hydrogen (secondary N) is 1. The zero-order valence-corrected chi connectivity index (χ0v) is 18.3. The maximum Gasteiger partial charge on any atom is 0.416 e. The average molecular weight is 482 g/mol. The lowest BCUT2D eigenvalue weighted by molar-refractivity contribution is -0.143. The molecule has 1 saturated carbocycles. The number of alkyl halides is 6. The van der Waals surface area contributed by atoms with Crippen LogP contribution in [0.25, 0.3) is 0 Å². The number of thioether (sulfide) groups is 1. The third-order valence-electron chi connectivity index (χ3n) is 5.76. The molecule has 0 radical (unpaired) electrons. The van der Waals surface area contributed by atoms with Crippen molar-refractivity contribution < 1.29 is 31.1 Å². The Labute approximate surface area is 186 Å². The molecule has 4 nitrogen and oxygen atoms in total. The Balaban J connectivity index is 1.63. The van der Waals surface area contributed by atoms with Crippen molar-refractivity contribution in [2.45, 2.75) is 56.9 Å². The van der Waals surface area contributed by atoms with Gasteiger partial charge in [0, 0.05) is 37.5 Å². The summed E-state index contributed by atoms with van der Waals surface area (Å²) in [5.41, 5.74) is -3.46. The fourth-order valence-corrected chi connectivity index (χ4v) is 5.13. The molecule has 1 aliphatic heterocycles. The van der Waals surface area contributed by atoms with Gasteiger partial charge in [-0.2, -0.15) is 26.3 Å². The van der Waals surface area contributed by atoms with E-state index in [1.54, 1.807) is 7.05 Å². The molecule has 1 amide bonds. The molecular weight excluding hydrogens is 456 g/mol. The zero-order chi connectivity index (χ0) is 23.5. The van der Waals surface area contributed by atoms with Gasteiger partial charge in [-0.25, -0.2) is 0 Å². The van der Waals surface area contributed by atoms with Crippen LogP contribution in [0, 0.1) is 5.92 Å². The van der Waals surface area contributed by atoms with E-state index in [1.165, 1.54) is 31.0 Å². The Morgan fingerprint density at radius 3 is 2.22 bits per heavy atom. The molecule has 2 fully saturated rings. The summed E-state index contributed by atoms with van der Waals surface area (Å²) in [5, 5.41) is 3.01. The summed E-state index contributed by atoms with van der Waals surface area (Å²) in [6, 6.07) is 0.818. The van der Waals surface area contributed by atoms with Crippen molar-refractivity contribution in [3.8, 4) is 0 Å². The molecule has 0 bridgehead atoms. The van der Waals surface area contributed by atoms with Crippen molar-refractivity contribution in [1.82, 2.24) is 4.90 Å². The Morgan fingerprint density at radius 1 is 1.06 bits per heavy atom. The van der Waals surface area contributed by atoms with Gasteiger partial charge in [0.25, 0.3) is 0 Å². The molecule has 178 valence electrons. The lowest BCUT2D eigenvalue weighted by atomic mass is 9.89. The van der Waals surface area contributed by atoms with Gasteiger partial charge in [0.05, 0.1) is 11.1 Å². The molecule has 1 atom stereocenters. The Hall–Kier alpha value is -1.91. The molecule has 1 unspecified atom stereocenters. The molecule has 0 aromatic heterocycles. The molecule has 2 aliphatic rings. The largest absolute Gasteiger partial charge is 0.416 e. The minimum Gasteiger partial charge on any atom is -0.350 e. The first kappa shape index (κ1) is 24.7. The average Bonchev–Trinajstić information content (AvgIpc) is 3.05. The van der Waals surface area contributed by atoms with E-state index in [1.807, 2.05) is 4.90 Å². The van der Waals surface area contributed by atoms with Crippen LogP contribution in [0.15, 0.2) is 23.2 Å².